The number of ketones is 1. The second kappa shape index (κ2) is 6.07. The van der Waals surface area contributed by atoms with E-state index in [1.807, 2.05) is 23.9 Å². The van der Waals surface area contributed by atoms with Gasteiger partial charge in [-0.25, -0.2) is 0 Å². The number of hydrogen-bond donors (Lipinski definition) is 1. The second-order valence-corrected chi connectivity index (χ2v) is 5.51. The topological polar surface area (TPSA) is 38.3 Å². The largest absolute Gasteiger partial charge is 0.486 e. The molecule has 3 nitrogen and oxygen atoms in total. The van der Waals surface area contributed by atoms with Crippen molar-refractivity contribution >= 4 is 17.5 Å². The van der Waals surface area contributed by atoms with Gasteiger partial charge in [0.15, 0.2) is 5.78 Å². The Balaban J connectivity index is 1.86. The molecule has 1 aromatic rings. The molecule has 1 saturated heterocycles. The Morgan fingerprint density at radius 1 is 1.47 bits per heavy atom. The van der Waals surface area contributed by atoms with Crippen LogP contribution in [0.5, 0.6) is 5.75 Å². The Labute approximate surface area is 106 Å². The lowest BCUT2D eigenvalue weighted by Gasteiger charge is -2.09. The first-order valence-electron chi connectivity index (χ1n) is 5.77. The maximum absolute atomic E-state index is 10.8. The third-order valence-corrected chi connectivity index (χ3v) is 3.80. The Morgan fingerprint density at radius 3 is 2.82 bits per heavy atom. The van der Waals surface area contributed by atoms with Crippen molar-refractivity contribution in [1.82, 2.24) is 5.32 Å². The van der Waals surface area contributed by atoms with Crippen LogP contribution in [-0.2, 0) is 11.2 Å². The van der Waals surface area contributed by atoms with E-state index >= 15 is 0 Å². The van der Waals surface area contributed by atoms with Gasteiger partial charge in [0.1, 0.15) is 12.4 Å². The van der Waals surface area contributed by atoms with Gasteiger partial charge in [-0.15, -0.1) is 11.8 Å². The second-order valence-electron chi connectivity index (χ2n) is 4.23. The molecule has 1 aliphatic rings. The number of thioether (sulfide) groups is 1. The van der Waals surface area contributed by atoms with Crippen LogP contribution in [0, 0.1) is 0 Å². The number of nitrogens with one attached hydrogen (secondary N) is 1. The molecule has 1 atom stereocenters. The lowest BCUT2D eigenvalue weighted by atomic mass is 10.1. The van der Waals surface area contributed by atoms with Gasteiger partial charge in [0.05, 0.1) is 0 Å². The highest BCUT2D eigenvalue weighted by Crippen LogP contribution is 2.21. The van der Waals surface area contributed by atoms with Gasteiger partial charge in [0.25, 0.3) is 0 Å². The maximum atomic E-state index is 10.8. The fourth-order valence-electron chi connectivity index (χ4n) is 1.76. The van der Waals surface area contributed by atoms with E-state index in [-0.39, 0.29) is 12.4 Å². The average molecular weight is 251 g/mol. The van der Waals surface area contributed by atoms with Gasteiger partial charge >= 0.3 is 0 Å². The predicted octanol–water partition coefficient (Wildman–Crippen LogP) is 1.86. The molecule has 0 amide bonds. The lowest BCUT2D eigenvalue weighted by Crippen LogP contribution is -2.14. The molecule has 0 spiro atoms. The summed E-state index contributed by atoms with van der Waals surface area (Å²) in [6.45, 7) is 2.77. The zero-order valence-corrected chi connectivity index (χ0v) is 10.8. The van der Waals surface area contributed by atoms with Crippen LogP contribution in [0.15, 0.2) is 24.3 Å². The first kappa shape index (κ1) is 12.5. The fourth-order valence-corrected chi connectivity index (χ4v) is 2.77. The summed E-state index contributed by atoms with van der Waals surface area (Å²) in [5.74, 6) is 1.87. The molecule has 0 radical (unpaired) electrons. The van der Waals surface area contributed by atoms with E-state index in [1.165, 1.54) is 12.5 Å². The molecule has 1 fully saturated rings. The summed E-state index contributed by atoms with van der Waals surface area (Å²) in [5.41, 5.74) is 1.32. The van der Waals surface area contributed by atoms with E-state index in [0.29, 0.717) is 5.25 Å². The van der Waals surface area contributed by atoms with Gasteiger partial charge in [-0.3, -0.25) is 4.79 Å². The third-order valence-electron chi connectivity index (χ3n) is 2.62. The smallest absolute Gasteiger partial charge is 0.167 e. The Kier molecular flexibility index (Phi) is 4.45. The molecule has 1 heterocycles. The van der Waals surface area contributed by atoms with E-state index in [1.54, 1.807) is 0 Å². The molecule has 2 rings (SSSR count). The highest BCUT2D eigenvalue weighted by Gasteiger charge is 2.15. The molecule has 1 unspecified atom stereocenters. The normalized spacial score (nSPS) is 19.2. The molecule has 92 valence electrons. The van der Waals surface area contributed by atoms with Crippen LogP contribution in [0.4, 0.5) is 0 Å². The van der Waals surface area contributed by atoms with Crippen molar-refractivity contribution in [2.75, 3.05) is 19.0 Å². The van der Waals surface area contributed by atoms with Crippen LogP contribution in [0.25, 0.3) is 0 Å². The van der Waals surface area contributed by atoms with Crippen molar-refractivity contribution in [3.05, 3.63) is 29.8 Å². The minimum atomic E-state index is 0.0440. The van der Waals surface area contributed by atoms with Crippen molar-refractivity contribution in [2.24, 2.45) is 0 Å². The third kappa shape index (κ3) is 4.06. The molecule has 17 heavy (non-hydrogen) atoms. The van der Waals surface area contributed by atoms with E-state index in [9.17, 15) is 4.79 Å². The van der Waals surface area contributed by atoms with Crippen molar-refractivity contribution in [3.8, 4) is 5.75 Å². The Hall–Kier alpha value is -1.00. The first-order chi connectivity index (χ1) is 8.24. The van der Waals surface area contributed by atoms with E-state index in [4.69, 9.17) is 4.74 Å². The molecule has 0 aliphatic carbocycles. The van der Waals surface area contributed by atoms with Crippen LogP contribution in [0.2, 0.25) is 0 Å². The molecule has 4 heteroatoms. The van der Waals surface area contributed by atoms with Crippen molar-refractivity contribution in [1.29, 1.82) is 0 Å². The molecule has 1 aliphatic heterocycles. The van der Waals surface area contributed by atoms with Crippen LogP contribution in [0.3, 0.4) is 0 Å². The Morgan fingerprint density at radius 2 is 2.24 bits per heavy atom. The number of benzene rings is 1. The van der Waals surface area contributed by atoms with Crippen molar-refractivity contribution < 1.29 is 9.53 Å². The number of rotatable bonds is 5. The summed E-state index contributed by atoms with van der Waals surface area (Å²) < 4.78 is 5.33. The molecule has 0 saturated carbocycles. The number of ether oxygens (including phenoxy) is 1. The quantitative estimate of drug-likeness (QED) is 0.867. The molecule has 1 aromatic carbocycles. The number of carbonyl (C=O) groups excluding carboxylic acids is 1. The van der Waals surface area contributed by atoms with Gasteiger partial charge in [0.2, 0.25) is 0 Å². The summed E-state index contributed by atoms with van der Waals surface area (Å²) in [6, 6.07) is 8.03. The predicted molar refractivity (Wildman–Crippen MR) is 70.6 cm³/mol. The van der Waals surface area contributed by atoms with Crippen LogP contribution >= 0.6 is 11.8 Å². The molecular weight excluding hydrogens is 234 g/mol. The molecule has 0 aromatic heterocycles. The molecule has 1 N–H and O–H groups in total. The summed E-state index contributed by atoms with van der Waals surface area (Å²) >= 11 is 1.97. The fraction of sp³-hybridized carbons (Fsp3) is 0.462. The standard InChI is InChI=1S/C13H17NO2S/c1-10(15)8-16-12-4-2-11(3-5-12)6-13-7-14-9-17-13/h2-5,13-14H,6-9H2,1H3. The summed E-state index contributed by atoms with van der Waals surface area (Å²) in [7, 11) is 0. The summed E-state index contributed by atoms with van der Waals surface area (Å²) in [4.78, 5) is 10.8. The zero-order chi connectivity index (χ0) is 12.1. The average Bonchev–Trinajstić information content (AvgIpc) is 2.81. The van der Waals surface area contributed by atoms with E-state index in [2.05, 4.69) is 17.4 Å². The number of hydrogen-bond acceptors (Lipinski definition) is 4. The van der Waals surface area contributed by atoms with Gasteiger partial charge in [-0.1, -0.05) is 12.1 Å². The minimum absolute atomic E-state index is 0.0440. The first-order valence-corrected chi connectivity index (χ1v) is 6.82. The minimum Gasteiger partial charge on any atom is -0.486 e. The molecular formula is C13H17NO2S. The van der Waals surface area contributed by atoms with Gasteiger partial charge < -0.3 is 10.1 Å². The van der Waals surface area contributed by atoms with Crippen LogP contribution in [0.1, 0.15) is 12.5 Å². The number of carbonyl (C=O) groups is 1. The summed E-state index contributed by atoms with van der Waals surface area (Å²) in [5, 5.41) is 4.02. The number of Topliss-reactive ketones (excluding diaryl/α,β-unsaturated/α-hetero) is 1. The zero-order valence-electron chi connectivity index (χ0n) is 9.94. The summed E-state index contributed by atoms with van der Waals surface area (Å²) in [6.07, 6.45) is 1.09. The maximum Gasteiger partial charge on any atom is 0.167 e. The highest BCUT2D eigenvalue weighted by molar-refractivity contribution is 8.00. The molecule has 0 bridgehead atoms. The van der Waals surface area contributed by atoms with E-state index in [0.717, 1.165) is 24.6 Å². The van der Waals surface area contributed by atoms with Gasteiger partial charge in [-0.05, 0) is 31.0 Å². The van der Waals surface area contributed by atoms with Gasteiger partial charge in [0, 0.05) is 17.7 Å². The lowest BCUT2D eigenvalue weighted by molar-refractivity contribution is -0.118. The van der Waals surface area contributed by atoms with Crippen molar-refractivity contribution in [2.45, 2.75) is 18.6 Å². The monoisotopic (exact) mass is 251 g/mol. The van der Waals surface area contributed by atoms with Crippen LogP contribution in [-0.4, -0.2) is 30.1 Å². The van der Waals surface area contributed by atoms with E-state index < -0.39 is 0 Å². The highest BCUT2D eigenvalue weighted by atomic mass is 32.2. The van der Waals surface area contributed by atoms with Crippen LogP contribution < -0.4 is 10.1 Å². The SMILES string of the molecule is CC(=O)COc1ccc(CC2CNCS2)cc1. The Bertz CT molecular complexity index is 372. The van der Waals surface area contributed by atoms with Gasteiger partial charge in [-0.2, -0.15) is 0 Å². The van der Waals surface area contributed by atoms with Crippen molar-refractivity contribution in [3.63, 3.8) is 0 Å².